The van der Waals surface area contributed by atoms with Crippen LogP contribution in [0.2, 0.25) is 0 Å². The molecule has 0 aliphatic carbocycles. The van der Waals surface area contributed by atoms with Crippen molar-refractivity contribution in [2.24, 2.45) is 0 Å². The SMILES string of the molecule is COc1cc(NCC(=O)Nc2ccccc2-c2ccccc2)c(OC)c(S(C)(=O)=O)c1. The molecule has 0 bridgehead atoms. The number of methoxy groups -OCH3 is 2. The number of rotatable bonds is 8. The van der Waals surface area contributed by atoms with E-state index in [0.29, 0.717) is 17.1 Å². The number of ether oxygens (including phenoxy) is 2. The van der Waals surface area contributed by atoms with Gasteiger partial charge in [-0.25, -0.2) is 8.42 Å². The predicted octanol–water partition coefficient (Wildman–Crippen LogP) is 3.82. The van der Waals surface area contributed by atoms with Crippen molar-refractivity contribution in [3.63, 3.8) is 0 Å². The minimum absolute atomic E-state index is 0.0216. The van der Waals surface area contributed by atoms with Gasteiger partial charge < -0.3 is 20.1 Å². The minimum Gasteiger partial charge on any atom is -0.497 e. The van der Waals surface area contributed by atoms with E-state index in [1.807, 2.05) is 54.6 Å². The topological polar surface area (TPSA) is 93.7 Å². The normalized spacial score (nSPS) is 10.9. The van der Waals surface area contributed by atoms with Crippen LogP contribution in [0.5, 0.6) is 11.5 Å². The first kappa shape index (κ1) is 22.2. The van der Waals surface area contributed by atoms with Gasteiger partial charge in [-0.2, -0.15) is 0 Å². The number of carbonyl (C=O) groups excluding carboxylic acids is 1. The van der Waals surface area contributed by atoms with Crippen molar-refractivity contribution in [2.45, 2.75) is 4.90 Å². The second-order valence-electron chi connectivity index (χ2n) is 6.79. The maximum absolute atomic E-state index is 12.6. The highest BCUT2D eigenvalue weighted by molar-refractivity contribution is 7.90. The molecule has 162 valence electrons. The first-order chi connectivity index (χ1) is 14.8. The minimum atomic E-state index is -3.57. The van der Waals surface area contributed by atoms with Gasteiger partial charge in [0.05, 0.1) is 26.5 Å². The van der Waals surface area contributed by atoms with Crippen LogP contribution in [0.3, 0.4) is 0 Å². The Morgan fingerprint density at radius 1 is 0.903 bits per heavy atom. The van der Waals surface area contributed by atoms with E-state index in [1.165, 1.54) is 20.3 Å². The standard InChI is InChI=1S/C23H24N2O5S/c1-29-17-13-20(23(30-2)21(14-17)31(3,27)28)24-15-22(26)25-19-12-8-7-11-18(19)16-9-5-4-6-10-16/h4-14,24H,15H2,1-3H3,(H,25,26). The summed E-state index contributed by atoms with van der Waals surface area (Å²) < 4.78 is 34.8. The van der Waals surface area contributed by atoms with Gasteiger partial charge in [0.15, 0.2) is 15.6 Å². The first-order valence-corrected chi connectivity index (χ1v) is 11.4. The van der Waals surface area contributed by atoms with Crippen molar-refractivity contribution in [3.8, 4) is 22.6 Å². The number of amides is 1. The van der Waals surface area contributed by atoms with Crippen LogP contribution in [0.25, 0.3) is 11.1 Å². The average molecular weight is 441 g/mol. The van der Waals surface area contributed by atoms with Crippen LogP contribution in [0.15, 0.2) is 71.6 Å². The van der Waals surface area contributed by atoms with E-state index in [1.54, 1.807) is 6.07 Å². The van der Waals surface area contributed by atoms with Crippen molar-refractivity contribution in [2.75, 3.05) is 37.7 Å². The molecule has 1 amide bonds. The Kier molecular flexibility index (Phi) is 6.81. The lowest BCUT2D eigenvalue weighted by Crippen LogP contribution is -2.22. The van der Waals surface area contributed by atoms with Crippen molar-refractivity contribution >= 4 is 27.1 Å². The van der Waals surface area contributed by atoms with Crippen molar-refractivity contribution in [1.82, 2.24) is 0 Å². The number of hydrogen-bond donors (Lipinski definition) is 2. The number of anilines is 2. The van der Waals surface area contributed by atoms with Crippen LogP contribution in [-0.4, -0.2) is 41.3 Å². The molecule has 0 unspecified atom stereocenters. The molecule has 0 aliphatic heterocycles. The molecule has 2 N–H and O–H groups in total. The van der Waals surface area contributed by atoms with Gasteiger partial charge in [0, 0.05) is 29.6 Å². The smallest absolute Gasteiger partial charge is 0.243 e. The number of nitrogens with one attached hydrogen (secondary N) is 2. The van der Waals surface area contributed by atoms with E-state index in [0.717, 1.165) is 17.4 Å². The second kappa shape index (κ2) is 9.53. The lowest BCUT2D eigenvalue weighted by molar-refractivity contribution is -0.114. The van der Waals surface area contributed by atoms with Crippen LogP contribution >= 0.6 is 0 Å². The fraction of sp³-hybridized carbons (Fsp3) is 0.174. The fourth-order valence-electron chi connectivity index (χ4n) is 3.14. The van der Waals surface area contributed by atoms with Crippen LogP contribution < -0.4 is 20.1 Å². The molecule has 0 saturated carbocycles. The molecule has 0 atom stereocenters. The molecular formula is C23H24N2O5S. The first-order valence-electron chi connectivity index (χ1n) is 9.47. The largest absolute Gasteiger partial charge is 0.497 e. The average Bonchev–Trinajstić information content (AvgIpc) is 2.77. The van der Waals surface area contributed by atoms with E-state index >= 15 is 0 Å². The molecule has 3 rings (SSSR count). The Balaban J connectivity index is 1.81. The molecule has 31 heavy (non-hydrogen) atoms. The Morgan fingerprint density at radius 3 is 2.23 bits per heavy atom. The monoisotopic (exact) mass is 440 g/mol. The fourth-order valence-corrected chi connectivity index (χ4v) is 4.00. The number of sulfone groups is 1. The van der Waals surface area contributed by atoms with Crippen LogP contribution in [0.1, 0.15) is 0 Å². The van der Waals surface area contributed by atoms with Gasteiger partial charge in [0.1, 0.15) is 10.6 Å². The Bertz CT molecular complexity index is 1180. The van der Waals surface area contributed by atoms with Gasteiger partial charge in [0.2, 0.25) is 5.91 Å². The summed E-state index contributed by atoms with van der Waals surface area (Å²) >= 11 is 0. The summed E-state index contributed by atoms with van der Waals surface area (Å²) in [5.74, 6) is 0.161. The summed E-state index contributed by atoms with van der Waals surface area (Å²) in [5, 5.41) is 5.85. The van der Waals surface area contributed by atoms with Crippen molar-refractivity contribution in [3.05, 3.63) is 66.7 Å². The lowest BCUT2D eigenvalue weighted by atomic mass is 10.0. The highest BCUT2D eigenvalue weighted by Gasteiger charge is 2.20. The highest BCUT2D eigenvalue weighted by atomic mass is 32.2. The summed E-state index contributed by atoms with van der Waals surface area (Å²) in [7, 11) is -0.761. The molecule has 0 radical (unpaired) electrons. The van der Waals surface area contributed by atoms with Gasteiger partial charge in [-0.1, -0.05) is 48.5 Å². The zero-order chi connectivity index (χ0) is 22.4. The molecule has 0 aliphatic rings. The third kappa shape index (κ3) is 5.35. The third-order valence-electron chi connectivity index (χ3n) is 4.59. The summed E-state index contributed by atoms with van der Waals surface area (Å²) in [6.45, 7) is -0.101. The summed E-state index contributed by atoms with van der Waals surface area (Å²) in [6, 6.07) is 20.2. The molecule has 0 fully saturated rings. The van der Waals surface area contributed by atoms with Crippen LogP contribution in [0.4, 0.5) is 11.4 Å². The van der Waals surface area contributed by atoms with E-state index in [-0.39, 0.29) is 23.1 Å². The quantitative estimate of drug-likeness (QED) is 0.553. The zero-order valence-electron chi connectivity index (χ0n) is 17.5. The molecule has 3 aromatic rings. The van der Waals surface area contributed by atoms with Crippen molar-refractivity contribution < 1.29 is 22.7 Å². The summed E-state index contributed by atoms with van der Waals surface area (Å²) in [4.78, 5) is 12.6. The van der Waals surface area contributed by atoms with E-state index in [4.69, 9.17) is 9.47 Å². The summed E-state index contributed by atoms with van der Waals surface area (Å²) in [5.41, 5.74) is 2.90. The molecule has 0 spiro atoms. The second-order valence-corrected chi connectivity index (χ2v) is 8.78. The Morgan fingerprint density at radius 2 is 1.58 bits per heavy atom. The molecule has 8 heteroatoms. The number of para-hydroxylation sites is 1. The van der Waals surface area contributed by atoms with Crippen LogP contribution in [-0.2, 0) is 14.6 Å². The molecule has 3 aromatic carbocycles. The van der Waals surface area contributed by atoms with Gasteiger partial charge in [-0.05, 0) is 11.6 Å². The molecule has 7 nitrogen and oxygen atoms in total. The molecule has 0 heterocycles. The Labute approximate surface area is 181 Å². The maximum atomic E-state index is 12.6. The Hall–Kier alpha value is -3.52. The predicted molar refractivity (Wildman–Crippen MR) is 122 cm³/mol. The zero-order valence-corrected chi connectivity index (χ0v) is 18.3. The molecule has 0 saturated heterocycles. The number of carbonyl (C=O) groups is 1. The van der Waals surface area contributed by atoms with Crippen molar-refractivity contribution in [1.29, 1.82) is 0 Å². The maximum Gasteiger partial charge on any atom is 0.243 e. The lowest BCUT2D eigenvalue weighted by Gasteiger charge is -2.16. The van der Waals surface area contributed by atoms with Gasteiger partial charge >= 0.3 is 0 Å². The third-order valence-corrected chi connectivity index (χ3v) is 5.70. The molecule has 0 aromatic heterocycles. The molecular weight excluding hydrogens is 416 g/mol. The van der Waals surface area contributed by atoms with Crippen LogP contribution in [0, 0.1) is 0 Å². The number of hydrogen-bond acceptors (Lipinski definition) is 6. The highest BCUT2D eigenvalue weighted by Crippen LogP contribution is 2.36. The van der Waals surface area contributed by atoms with Gasteiger partial charge in [0.25, 0.3) is 0 Å². The number of benzene rings is 3. The van der Waals surface area contributed by atoms with Gasteiger partial charge in [-0.15, -0.1) is 0 Å². The van der Waals surface area contributed by atoms with E-state index < -0.39 is 9.84 Å². The van der Waals surface area contributed by atoms with E-state index in [2.05, 4.69) is 10.6 Å². The van der Waals surface area contributed by atoms with Gasteiger partial charge in [-0.3, -0.25) is 4.79 Å². The van der Waals surface area contributed by atoms with E-state index in [9.17, 15) is 13.2 Å². The summed E-state index contributed by atoms with van der Waals surface area (Å²) in [6.07, 6.45) is 1.08.